The number of nitrogens with one attached hydrogen (secondary N) is 1. The molecule has 3 aromatic rings. The zero-order valence-electron chi connectivity index (χ0n) is 14.7. The van der Waals surface area contributed by atoms with Crippen LogP contribution in [-0.2, 0) is 13.2 Å². The smallest absolute Gasteiger partial charge is 0.271 e. The molecule has 3 rings (SSSR count). The second kappa shape index (κ2) is 8.49. The number of rotatable bonds is 7. The van der Waals surface area contributed by atoms with Gasteiger partial charge in [-0.3, -0.25) is 4.79 Å². The fourth-order valence-corrected chi connectivity index (χ4v) is 3.07. The fraction of sp³-hybridized carbons (Fsp3) is 0.200. The zero-order chi connectivity index (χ0) is 18.4. The number of aromatic nitrogens is 1. The summed E-state index contributed by atoms with van der Waals surface area (Å²) in [5, 5.41) is 5.35. The number of nitrogens with zero attached hydrogens (tertiary/aromatic N) is 1. The van der Waals surface area contributed by atoms with Gasteiger partial charge < -0.3 is 14.8 Å². The van der Waals surface area contributed by atoms with Crippen molar-refractivity contribution in [1.82, 2.24) is 10.3 Å². The maximum Gasteiger partial charge on any atom is 0.271 e. The average molecular weight is 368 g/mol. The highest BCUT2D eigenvalue weighted by atomic mass is 32.1. The van der Waals surface area contributed by atoms with Gasteiger partial charge in [0, 0.05) is 11.9 Å². The predicted molar refractivity (Wildman–Crippen MR) is 102 cm³/mol. The summed E-state index contributed by atoms with van der Waals surface area (Å²) >= 11 is 1.40. The molecule has 26 heavy (non-hydrogen) atoms. The summed E-state index contributed by atoms with van der Waals surface area (Å²) in [6.07, 6.45) is 0. The van der Waals surface area contributed by atoms with Crippen LogP contribution in [0.4, 0.5) is 0 Å². The first-order chi connectivity index (χ1) is 12.7. The molecule has 0 spiro atoms. The molecule has 0 unspecified atom stereocenters. The Balaban J connectivity index is 1.57. The third-order valence-electron chi connectivity index (χ3n) is 3.75. The topological polar surface area (TPSA) is 60.5 Å². The lowest BCUT2D eigenvalue weighted by molar-refractivity contribution is 0.0946. The molecule has 5 nitrogen and oxygen atoms in total. The van der Waals surface area contributed by atoms with Crippen molar-refractivity contribution in [3.8, 4) is 11.5 Å². The van der Waals surface area contributed by atoms with E-state index in [1.165, 1.54) is 11.3 Å². The molecule has 0 atom stereocenters. The van der Waals surface area contributed by atoms with E-state index < -0.39 is 0 Å². The van der Waals surface area contributed by atoms with Crippen LogP contribution in [0.2, 0.25) is 0 Å². The standard InChI is InChI=1S/C20H20N2O3S/c1-14-8-9-17(18(10-14)24-2)25-12-19-22-16(13-26-19)20(23)21-11-15-6-4-3-5-7-15/h3-10,13H,11-12H2,1-2H3,(H,21,23). The summed E-state index contributed by atoms with van der Waals surface area (Å²) in [5.41, 5.74) is 2.55. The van der Waals surface area contributed by atoms with E-state index in [2.05, 4.69) is 10.3 Å². The van der Waals surface area contributed by atoms with E-state index in [-0.39, 0.29) is 12.5 Å². The summed E-state index contributed by atoms with van der Waals surface area (Å²) in [6, 6.07) is 15.5. The molecule has 1 aromatic heterocycles. The fourth-order valence-electron chi connectivity index (χ4n) is 2.38. The van der Waals surface area contributed by atoms with Crippen LogP contribution in [0.3, 0.4) is 0 Å². The number of benzene rings is 2. The van der Waals surface area contributed by atoms with Crippen LogP contribution in [-0.4, -0.2) is 18.0 Å². The minimum Gasteiger partial charge on any atom is -0.493 e. The Hall–Kier alpha value is -2.86. The number of aryl methyl sites for hydroxylation is 1. The number of methoxy groups -OCH3 is 1. The minimum atomic E-state index is -0.190. The quantitative estimate of drug-likeness (QED) is 0.685. The summed E-state index contributed by atoms with van der Waals surface area (Å²) < 4.78 is 11.1. The Bertz CT molecular complexity index is 878. The van der Waals surface area contributed by atoms with Gasteiger partial charge in [0.15, 0.2) is 11.5 Å². The Morgan fingerprint density at radius 1 is 1.15 bits per heavy atom. The number of carbonyl (C=O) groups is 1. The highest BCUT2D eigenvalue weighted by molar-refractivity contribution is 7.09. The molecule has 0 bridgehead atoms. The highest BCUT2D eigenvalue weighted by Gasteiger charge is 2.12. The van der Waals surface area contributed by atoms with Gasteiger partial charge in [0.05, 0.1) is 7.11 Å². The van der Waals surface area contributed by atoms with Crippen molar-refractivity contribution >= 4 is 17.2 Å². The molecule has 0 aliphatic rings. The molecular weight excluding hydrogens is 348 g/mol. The van der Waals surface area contributed by atoms with Crippen molar-refractivity contribution in [2.75, 3.05) is 7.11 Å². The van der Waals surface area contributed by atoms with Gasteiger partial charge in [-0.15, -0.1) is 11.3 Å². The number of ether oxygens (including phenoxy) is 2. The molecule has 0 aliphatic heterocycles. The number of hydrogen-bond acceptors (Lipinski definition) is 5. The van der Waals surface area contributed by atoms with Gasteiger partial charge in [-0.25, -0.2) is 4.98 Å². The van der Waals surface area contributed by atoms with E-state index >= 15 is 0 Å². The van der Waals surface area contributed by atoms with E-state index in [1.54, 1.807) is 12.5 Å². The summed E-state index contributed by atoms with van der Waals surface area (Å²) in [4.78, 5) is 16.6. The van der Waals surface area contributed by atoms with E-state index in [1.807, 2.05) is 55.5 Å². The van der Waals surface area contributed by atoms with Crippen molar-refractivity contribution in [1.29, 1.82) is 0 Å². The Labute approximate surface area is 156 Å². The lowest BCUT2D eigenvalue weighted by Gasteiger charge is -2.10. The summed E-state index contributed by atoms with van der Waals surface area (Å²) in [5.74, 6) is 1.15. The normalized spacial score (nSPS) is 10.4. The van der Waals surface area contributed by atoms with E-state index in [0.717, 1.165) is 16.1 Å². The summed E-state index contributed by atoms with van der Waals surface area (Å²) in [7, 11) is 1.61. The molecule has 6 heteroatoms. The van der Waals surface area contributed by atoms with Gasteiger partial charge >= 0.3 is 0 Å². The molecule has 0 aliphatic carbocycles. The maximum absolute atomic E-state index is 12.2. The molecule has 0 fully saturated rings. The molecule has 0 saturated heterocycles. The third kappa shape index (κ3) is 4.61. The second-order valence-electron chi connectivity index (χ2n) is 5.74. The SMILES string of the molecule is COc1cc(C)ccc1OCc1nc(C(=O)NCc2ccccc2)cs1. The average Bonchev–Trinajstić information content (AvgIpc) is 3.15. The van der Waals surface area contributed by atoms with Crippen molar-refractivity contribution in [3.63, 3.8) is 0 Å². The molecule has 0 saturated carbocycles. The van der Waals surface area contributed by atoms with Crippen LogP contribution in [0.15, 0.2) is 53.9 Å². The van der Waals surface area contributed by atoms with Gasteiger partial charge in [0.25, 0.3) is 5.91 Å². The lowest BCUT2D eigenvalue weighted by atomic mass is 10.2. The predicted octanol–water partition coefficient (Wildman–Crippen LogP) is 3.97. The van der Waals surface area contributed by atoms with Crippen molar-refractivity contribution in [2.45, 2.75) is 20.1 Å². The van der Waals surface area contributed by atoms with E-state index in [0.29, 0.717) is 23.7 Å². The molecule has 1 heterocycles. The number of carbonyl (C=O) groups excluding carboxylic acids is 1. The van der Waals surface area contributed by atoms with Crippen LogP contribution >= 0.6 is 11.3 Å². The maximum atomic E-state index is 12.2. The lowest BCUT2D eigenvalue weighted by Crippen LogP contribution is -2.23. The Morgan fingerprint density at radius 2 is 1.96 bits per heavy atom. The highest BCUT2D eigenvalue weighted by Crippen LogP contribution is 2.28. The van der Waals surface area contributed by atoms with Crippen molar-refractivity contribution in [2.24, 2.45) is 0 Å². The zero-order valence-corrected chi connectivity index (χ0v) is 15.5. The van der Waals surface area contributed by atoms with Crippen LogP contribution in [0, 0.1) is 6.92 Å². The molecule has 0 radical (unpaired) electrons. The van der Waals surface area contributed by atoms with Crippen LogP contribution in [0.25, 0.3) is 0 Å². The van der Waals surface area contributed by atoms with Crippen LogP contribution in [0.5, 0.6) is 11.5 Å². The van der Waals surface area contributed by atoms with Gasteiger partial charge in [0.1, 0.15) is 17.3 Å². The van der Waals surface area contributed by atoms with Gasteiger partial charge in [-0.1, -0.05) is 36.4 Å². The van der Waals surface area contributed by atoms with Gasteiger partial charge in [0.2, 0.25) is 0 Å². The minimum absolute atomic E-state index is 0.190. The summed E-state index contributed by atoms with van der Waals surface area (Å²) in [6.45, 7) is 2.76. The second-order valence-corrected chi connectivity index (χ2v) is 6.68. The largest absolute Gasteiger partial charge is 0.493 e. The molecule has 1 amide bonds. The van der Waals surface area contributed by atoms with Gasteiger partial charge in [-0.2, -0.15) is 0 Å². The molecule has 134 valence electrons. The number of amides is 1. The first-order valence-corrected chi connectivity index (χ1v) is 9.07. The van der Waals surface area contributed by atoms with E-state index in [9.17, 15) is 4.79 Å². The number of thiazole rings is 1. The van der Waals surface area contributed by atoms with Crippen molar-refractivity contribution in [3.05, 3.63) is 75.7 Å². The molecule has 1 N–H and O–H groups in total. The first kappa shape index (κ1) is 17.9. The monoisotopic (exact) mass is 368 g/mol. The Kier molecular flexibility index (Phi) is 5.86. The molecule has 2 aromatic carbocycles. The molecular formula is C20H20N2O3S. The van der Waals surface area contributed by atoms with Crippen LogP contribution < -0.4 is 14.8 Å². The van der Waals surface area contributed by atoms with Gasteiger partial charge in [-0.05, 0) is 30.2 Å². The first-order valence-electron chi connectivity index (χ1n) is 8.19. The van der Waals surface area contributed by atoms with Crippen LogP contribution in [0.1, 0.15) is 26.6 Å². The Morgan fingerprint density at radius 3 is 2.73 bits per heavy atom. The number of hydrogen-bond donors (Lipinski definition) is 1. The third-order valence-corrected chi connectivity index (χ3v) is 4.57. The van der Waals surface area contributed by atoms with Crippen molar-refractivity contribution < 1.29 is 14.3 Å². The van der Waals surface area contributed by atoms with E-state index in [4.69, 9.17) is 9.47 Å².